The van der Waals surface area contributed by atoms with Crippen molar-refractivity contribution in [2.45, 2.75) is 51.7 Å². The van der Waals surface area contributed by atoms with Crippen molar-refractivity contribution in [3.05, 3.63) is 0 Å². The van der Waals surface area contributed by atoms with E-state index in [1.165, 1.54) is 6.92 Å². The molecule has 1 saturated heterocycles. The summed E-state index contributed by atoms with van der Waals surface area (Å²) in [6.45, 7) is 6.11. The van der Waals surface area contributed by atoms with E-state index in [0.717, 1.165) is 12.8 Å². The van der Waals surface area contributed by atoms with E-state index >= 15 is 0 Å². The molecule has 7 nitrogen and oxygen atoms in total. The molecule has 0 aromatic heterocycles. The van der Waals surface area contributed by atoms with E-state index in [-0.39, 0.29) is 24.3 Å². The molecule has 0 aliphatic carbocycles. The number of rotatable bonds is 6. The van der Waals surface area contributed by atoms with Gasteiger partial charge in [0.2, 0.25) is 5.91 Å². The molecule has 23 heavy (non-hydrogen) atoms. The Hall–Kier alpha value is -1.63. The third kappa shape index (κ3) is 6.56. The van der Waals surface area contributed by atoms with Crippen LogP contribution in [0.3, 0.4) is 0 Å². The van der Waals surface area contributed by atoms with Crippen LogP contribution in [0.5, 0.6) is 0 Å². The third-order valence-electron chi connectivity index (χ3n) is 3.74. The molecule has 1 aliphatic heterocycles. The quantitative estimate of drug-likeness (QED) is 0.788. The van der Waals surface area contributed by atoms with Crippen molar-refractivity contribution in [3.8, 4) is 0 Å². The van der Waals surface area contributed by atoms with Gasteiger partial charge in [0.25, 0.3) is 0 Å². The maximum absolute atomic E-state index is 12.3. The second kappa shape index (κ2) is 8.29. The van der Waals surface area contributed by atoms with Crippen molar-refractivity contribution in [2.75, 3.05) is 33.7 Å². The number of carbonyl (C=O) groups is 3. The Bertz CT molecular complexity index is 449. The number of likely N-dealkylation sites (N-methyl/N-ethyl adjacent to an activating group) is 1. The summed E-state index contributed by atoms with van der Waals surface area (Å²) in [5, 5.41) is 2.49. The summed E-state index contributed by atoms with van der Waals surface area (Å²) in [5.41, 5.74) is -0.649. The van der Waals surface area contributed by atoms with Crippen molar-refractivity contribution >= 4 is 17.8 Å². The van der Waals surface area contributed by atoms with E-state index in [1.807, 2.05) is 32.8 Å². The molecule has 0 saturated carbocycles. The summed E-state index contributed by atoms with van der Waals surface area (Å²) in [4.78, 5) is 39.2. The van der Waals surface area contributed by atoms with Crippen LogP contribution < -0.4 is 5.32 Å². The zero-order valence-electron chi connectivity index (χ0n) is 14.8. The van der Waals surface area contributed by atoms with Crippen LogP contribution in [-0.4, -0.2) is 73.0 Å². The Morgan fingerprint density at radius 1 is 1.26 bits per heavy atom. The van der Waals surface area contributed by atoms with Crippen molar-refractivity contribution in [1.29, 1.82) is 0 Å². The first-order valence-corrected chi connectivity index (χ1v) is 8.04. The van der Waals surface area contributed by atoms with Crippen LogP contribution >= 0.6 is 0 Å². The molecule has 1 rings (SSSR count). The van der Waals surface area contributed by atoms with Gasteiger partial charge in [-0.1, -0.05) is 0 Å². The number of hydrogen-bond donors (Lipinski definition) is 1. The average molecular weight is 327 g/mol. The topological polar surface area (TPSA) is 79.0 Å². The van der Waals surface area contributed by atoms with Gasteiger partial charge in [0, 0.05) is 13.1 Å². The van der Waals surface area contributed by atoms with Gasteiger partial charge in [-0.3, -0.25) is 9.59 Å². The Labute approximate surface area is 138 Å². The molecule has 0 unspecified atom stereocenters. The first kappa shape index (κ1) is 19.4. The maximum Gasteiger partial charge on any atom is 0.408 e. The fourth-order valence-corrected chi connectivity index (χ4v) is 2.98. The summed E-state index contributed by atoms with van der Waals surface area (Å²) in [6, 6.07) is -0.362. The van der Waals surface area contributed by atoms with Crippen molar-refractivity contribution in [1.82, 2.24) is 15.1 Å². The molecule has 1 fully saturated rings. The monoisotopic (exact) mass is 327 g/mol. The number of Topliss-reactive ketones (excluding diaryl/α,β-unsaturated/α-hetero) is 1. The summed E-state index contributed by atoms with van der Waals surface area (Å²) in [5.74, 6) is -0.250. The van der Waals surface area contributed by atoms with Crippen molar-refractivity contribution in [2.24, 2.45) is 0 Å². The highest BCUT2D eigenvalue weighted by Crippen LogP contribution is 2.17. The number of hydrogen-bond acceptors (Lipinski definition) is 5. The molecule has 1 heterocycles. The molecule has 1 N–H and O–H groups in total. The molecule has 0 bridgehead atoms. The predicted octanol–water partition coefficient (Wildman–Crippen LogP) is 1.02. The highest BCUT2D eigenvalue weighted by atomic mass is 16.6. The van der Waals surface area contributed by atoms with Crippen LogP contribution in [0.15, 0.2) is 0 Å². The van der Waals surface area contributed by atoms with Gasteiger partial charge in [-0.05, 0) is 54.1 Å². The van der Waals surface area contributed by atoms with Crippen molar-refractivity contribution < 1.29 is 19.1 Å². The normalized spacial score (nSPS) is 18.7. The summed E-state index contributed by atoms with van der Waals surface area (Å²) in [6.07, 6.45) is 1.90. The summed E-state index contributed by atoms with van der Waals surface area (Å²) in [7, 11) is 3.79. The van der Waals surface area contributed by atoms with Gasteiger partial charge < -0.3 is 19.9 Å². The number of ketones is 1. The number of likely N-dealkylation sites (tertiary alicyclic amines) is 1. The van der Waals surface area contributed by atoms with E-state index < -0.39 is 11.7 Å². The Morgan fingerprint density at radius 3 is 2.48 bits per heavy atom. The molecule has 0 aromatic carbocycles. The first-order chi connectivity index (χ1) is 10.6. The van der Waals surface area contributed by atoms with E-state index in [2.05, 4.69) is 5.32 Å². The van der Waals surface area contributed by atoms with Gasteiger partial charge in [-0.2, -0.15) is 0 Å². The first-order valence-electron chi connectivity index (χ1n) is 8.04. The lowest BCUT2D eigenvalue weighted by Crippen LogP contribution is -2.51. The van der Waals surface area contributed by atoms with Gasteiger partial charge in [0.1, 0.15) is 12.1 Å². The lowest BCUT2D eigenvalue weighted by atomic mass is 9.99. The highest BCUT2D eigenvalue weighted by molar-refractivity contribution is 5.89. The van der Waals surface area contributed by atoms with E-state index in [9.17, 15) is 14.4 Å². The van der Waals surface area contributed by atoms with Crippen LogP contribution in [-0.2, 0) is 14.3 Å². The number of nitrogens with one attached hydrogen (secondary N) is 1. The molecule has 0 spiro atoms. The SMILES string of the molecule is CC(=O)[C@@H]1CCCCN1C(=O)CNC(=O)OC(C)(C)CN(C)C. The van der Waals surface area contributed by atoms with Gasteiger partial charge in [0.05, 0.1) is 6.04 Å². The number of carbonyl (C=O) groups excluding carboxylic acids is 3. The lowest BCUT2D eigenvalue weighted by molar-refractivity contribution is -0.139. The maximum atomic E-state index is 12.3. The average Bonchev–Trinajstić information content (AvgIpc) is 2.42. The van der Waals surface area contributed by atoms with Crippen LogP contribution in [0, 0.1) is 0 Å². The number of nitrogens with zero attached hydrogens (tertiary/aromatic N) is 2. The number of alkyl carbamates (subject to hydrolysis) is 1. The van der Waals surface area contributed by atoms with E-state index in [4.69, 9.17) is 4.74 Å². The molecule has 1 atom stereocenters. The predicted molar refractivity (Wildman–Crippen MR) is 87.1 cm³/mol. The lowest BCUT2D eigenvalue weighted by Gasteiger charge is -2.34. The molecular formula is C16H29N3O4. The molecule has 0 aromatic rings. The van der Waals surface area contributed by atoms with Crippen LogP contribution in [0.4, 0.5) is 4.79 Å². The van der Waals surface area contributed by atoms with Crippen LogP contribution in [0.2, 0.25) is 0 Å². The Kier molecular flexibility index (Phi) is 7.00. The van der Waals surface area contributed by atoms with Gasteiger partial charge in [-0.15, -0.1) is 0 Å². The molecule has 1 aliphatic rings. The van der Waals surface area contributed by atoms with Gasteiger partial charge >= 0.3 is 6.09 Å². The number of ether oxygens (including phenoxy) is 1. The third-order valence-corrected chi connectivity index (χ3v) is 3.74. The minimum atomic E-state index is -0.649. The molecule has 0 radical (unpaired) electrons. The summed E-state index contributed by atoms with van der Waals surface area (Å²) < 4.78 is 5.33. The summed E-state index contributed by atoms with van der Waals surface area (Å²) >= 11 is 0. The van der Waals surface area contributed by atoms with E-state index in [1.54, 1.807) is 4.90 Å². The second-order valence-electron chi connectivity index (χ2n) is 6.95. The second-order valence-corrected chi connectivity index (χ2v) is 6.95. The van der Waals surface area contributed by atoms with E-state index in [0.29, 0.717) is 19.5 Å². The molecule has 2 amide bonds. The fraction of sp³-hybridized carbons (Fsp3) is 0.812. The standard InChI is InChI=1S/C16H29N3O4/c1-12(20)13-8-6-7-9-19(13)14(21)10-17-15(22)23-16(2,3)11-18(4)5/h13H,6-11H2,1-5H3,(H,17,22)/t13-/m0/s1. The largest absolute Gasteiger partial charge is 0.442 e. The minimum absolute atomic E-state index is 0.00672. The Morgan fingerprint density at radius 2 is 1.91 bits per heavy atom. The number of piperidine rings is 1. The zero-order chi connectivity index (χ0) is 17.6. The fourth-order valence-electron chi connectivity index (χ4n) is 2.98. The molecule has 7 heteroatoms. The highest BCUT2D eigenvalue weighted by Gasteiger charge is 2.30. The zero-order valence-corrected chi connectivity index (χ0v) is 14.8. The van der Waals surface area contributed by atoms with Crippen molar-refractivity contribution in [3.63, 3.8) is 0 Å². The van der Waals surface area contributed by atoms with Gasteiger partial charge in [0.15, 0.2) is 5.78 Å². The minimum Gasteiger partial charge on any atom is -0.442 e. The molecule has 132 valence electrons. The number of amides is 2. The van der Waals surface area contributed by atoms with Crippen LogP contribution in [0.25, 0.3) is 0 Å². The van der Waals surface area contributed by atoms with Crippen LogP contribution in [0.1, 0.15) is 40.0 Å². The smallest absolute Gasteiger partial charge is 0.408 e. The Balaban J connectivity index is 2.48. The van der Waals surface area contributed by atoms with Gasteiger partial charge in [-0.25, -0.2) is 4.79 Å². The molecular weight excluding hydrogens is 298 g/mol.